The lowest BCUT2D eigenvalue weighted by molar-refractivity contribution is -0.121. The van der Waals surface area contributed by atoms with E-state index in [1.165, 1.54) is 11.3 Å². The maximum atomic E-state index is 12.5. The normalized spacial score (nSPS) is 19.3. The molecule has 1 aliphatic heterocycles. The number of nitrogens with zero attached hydrogens (tertiary/aromatic N) is 1. The van der Waals surface area contributed by atoms with Crippen molar-refractivity contribution in [3.05, 3.63) is 40.4 Å². The summed E-state index contributed by atoms with van der Waals surface area (Å²) >= 11 is 7.76. The number of benzene rings is 1. The second-order valence-corrected chi connectivity index (χ2v) is 9.63. The fourth-order valence-electron chi connectivity index (χ4n) is 4.01. The van der Waals surface area contributed by atoms with Crippen LogP contribution < -0.4 is 10.6 Å². The van der Waals surface area contributed by atoms with Crippen LogP contribution in [0, 0.1) is 0 Å². The molecule has 0 unspecified atom stereocenters. The quantitative estimate of drug-likeness (QED) is 0.810. The van der Waals surface area contributed by atoms with Crippen LogP contribution in [0.2, 0.25) is 5.02 Å². The van der Waals surface area contributed by atoms with E-state index >= 15 is 0 Å². The van der Waals surface area contributed by atoms with E-state index in [1.807, 2.05) is 29.6 Å². The molecule has 2 aromatic rings. The third-order valence-corrected chi connectivity index (χ3v) is 5.81. The zero-order valence-corrected chi connectivity index (χ0v) is 17.3. The molecule has 0 radical (unpaired) electrons. The lowest BCUT2D eigenvalue weighted by Crippen LogP contribution is -2.62. The van der Waals surface area contributed by atoms with E-state index in [0.29, 0.717) is 11.4 Å². The zero-order valence-electron chi connectivity index (χ0n) is 15.7. The van der Waals surface area contributed by atoms with Gasteiger partial charge in [0.15, 0.2) is 0 Å². The number of amides is 1. The average Bonchev–Trinajstić information content (AvgIpc) is 2.92. The van der Waals surface area contributed by atoms with Gasteiger partial charge in [-0.1, -0.05) is 29.8 Å². The third kappa shape index (κ3) is 4.84. The first-order chi connectivity index (χ1) is 12.1. The first kappa shape index (κ1) is 19.3. The van der Waals surface area contributed by atoms with Crippen LogP contribution in [0.25, 0.3) is 10.6 Å². The molecule has 1 amide bonds. The maximum absolute atomic E-state index is 12.5. The number of hydrogen-bond acceptors (Lipinski definition) is 4. The topological polar surface area (TPSA) is 54.0 Å². The van der Waals surface area contributed by atoms with Crippen molar-refractivity contribution in [2.24, 2.45) is 0 Å². The molecule has 6 heteroatoms. The van der Waals surface area contributed by atoms with Gasteiger partial charge < -0.3 is 10.6 Å². The van der Waals surface area contributed by atoms with Crippen LogP contribution >= 0.6 is 22.9 Å². The van der Waals surface area contributed by atoms with E-state index in [0.717, 1.165) is 29.1 Å². The van der Waals surface area contributed by atoms with Crippen molar-refractivity contribution < 1.29 is 4.79 Å². The minimum Gasteiger partial charge on any atom is -0.353 e. The van der Waals surface area contributed by atoms with Crippen LogP contribution in [0.4, 0.5) is 0 Å². The summed E-state index contributed by atoms with van der Waals surface area (Å²) in [5, 5.41) is 10.3. The Morgan fingerprint density at radius 3 is 2.58 bits per heavy atom. The fourth-order valence-corrected chi connectivity index (χ4v) is 5.15. The van der Waals surface area contributed by atoms with E-state index in [2.05, 4.69) is 43.3 Å². The van der Waals surface area contributed by atoms with Gasteiger partial charge in [0, 0.05) is 28.1 Å². The minimum absolute atomic E-state index is 0.0115. The summed E-state index contributed by atoms with van der Waals surface area (Å²) in [5.74, 6) is 0.0273. The smallest absolute Gasteiger partial charge is 0.226 e. The Labute approximate surface area is 164 Å². The average molecular weight is 392 g/mol. The number of carbonyl (C=O) groups is 1. The van der Waals surface area contributed by atoms with E-state index in [4.69, 9.17) is 11.6 Å². The van der Waals surface area contributed by atoms with Crippen LogP contribution in [0.5, 0.6) is 0 Å². The highest BCUT2D eigenvalue weighted by atomic mass is 35.5. The van der Waals surface area contributed by atoms with Crippen molar-refractivity contribution in [3.8, 4) is 10.6 Å². The molecule has 1 aromatic heterocycles. The Morgan fingerprint density at radius 1 is 1.27 bits per heavy atom. The summed E-state index contributed by atoms with van der Waals surface area (Å²) < 4.78 is 0. The van der Waals surface area contributed by atoms with Crippen molar-refractivity contribution in [1.29, 1.82) is 0 Å². The summed E-state index contributed by atoms with van der Waals surface area (Å²) in [6, 6.07) is 7.82. The van der Waals surface area contributed by atoms with Gasteiger partial charge >= 0.3 is 0 Å². The molecule has 0 saturated carbocycles. The van der Waals surface area contributed by atoms with Gasteiger partial charge in [-0.25, -0.2) is 4.98 Å². The molecule has 1 fully saturated rings. The summed E-state index contributed by atoms with van der Waals surface area (Å²) in [6.07, 6.45) is 2.14. The SMILES string of the molecule is CC1(C)CC(NC(=O)Cc2csc(-c3ccccc3Cl)n2)CC(C)(C)N1. The molecule has 1 aliphatic rings. The number of carbonyl (C=O) groups excluding carboxylic acids is 1. The zero-order chi connectivity index (χ0) is 18.9. The number of nitrogens with one attached hydrogen (secondary N) is 2. The lowest BCUT2D eigenvalue weighted by Gasteiger charge is -2.46. The standard InChI is InChI=1S/C20H26ClN3OS/c1-19(2)10-14(11-20(3,4)24-19)22-17(25)9-13-12-26-18(23-13)15-7-5-6-8-16(15)21/h5-8,12,14,24H,9-11H2,1-4H3,(H,22,25). The van der Waals surface area contributed by atoms with E-state index in [1.54, 1.807) is 0 Å². The molecule has 0 spiro atoms. The number of halogens is 1. The molecule has 2 heterocycles. The molecule has 2 N–H and O–H groups in total. The van der Waals surface area contributed by atoms with Crippen LogP contribution in [0.1, 0.15) is 46.2 Å². The number of rotatable bonds is 4. The monoisotopic (exact) mass is 391 g/mol. The Hall–Kier alpha value is -1.43. The van der Waals surface area contributed by atoms with Gasteiger partial charge in [-0.2, -0.15) is 0 Å². The van der Waals surface area contributed by atoms with Crippen molar-refractivity contribution in [2.45, 2.75) is 64.1 Å². The Balaban J connectivity index is 1.63. The largest absolute Gasteiger partial charge is 0.353 e. The molecule has 3 rings (SSSR count). The second kappa shape index (κ2) is 7.29. The van der Waals surface area contributed by atoms with Gasteiger partial charge in [0.1, 0.15) is 5.01 Å². The second-order valence-electron chi connectivity index (χ2n) is 8.37. The third-order valence-electron chi connectivity index (χ3n) is 4.55. The molecule has 26 heavy (non-hydrogen) atoms. The maximum Gasteiger partial charge on any atom is 0.226 e. The molecule has 0 atom stereocenters. The first-order valence-corrected chi connectivity index (χ1v) is 10.2. The van der Waals surface area contributed by atoms with Gasteiger partial charge in [-0.05, 0) is 46.6 Å². The number of aromatic nitrogens is 1. The number of piperidine rings is 1. The van der Waals surface area contributed by atoms with Crippen LogP contribution in [0.15, 0.2) is 29.6 Å². The van der Waals surface area contributed by atoms with Crippen LogP contribution in [-0.4, -0.2) is 28.0 Å². The molecule has 1 aromatic carbocycles. The number of hydrogen-bond donors (Lipinski definition) is 2. The van der Waals surface area contributed by atoms with Gasteiger partial charge in [0.05, 0.1) is 17.1 Å². The molecule has 0 bridgehead atoms. The molecule has 1 saturated heterocycles. The lowest BCUT2D eigenvalue weighted by atomic mass is 9.79. The summed E-state index contributed by atoms with van der Waals surface area (Å²) in [6.45, 7) is 8.74. The predicted molar refractivity (Wildman–Crippen MR) is 109 cm³/mol. The Kier molecular flexibility index (Phi) is 5.42. The highest BCUT2D eigenvalue weighted by Gasteiger charge is 2.38. The van der Waals surface area contributed by atoms with Crippen LogP contribution in [0.3, 0.4) is 0 Å². The Morgan fingerprint density at radius 2 is 1.92 bits per heavy atom. The van der Waals surface area contributed by atoms with Crippen molar-refractivity contribution >= 4 is 28.8 Å². The van der Waals surface area contributed by atoms with Gasteiger partial charge in [-0.15, -0.1) is 11.3 Å². The predicted octanol–water partition coefficient (Wildman–Crippen LogP) is 4.43. The molecular formula is C20H26ClN3OS. The van der Waals surface area contributed by atoms with E-state index < -0.39 is 0 Å². The molecule has 140 valence electrons. The van der Waals surface area contributed by atoms with E-state index in [-0.39, 0.29) is 23.0 Å². The van der Waals surface area contributed by atoms with Gasteiger partial charge in [0.25, 0.3) is 0 Å². The van der Waals surface area contributed by atoms with Crippen LogP contribution in [-0.2, 0) is 11.2 Å². The fraction of sp³-hybridized carbons (Fsp3) is 0.500. The summed E-state index contributed by atoms with van der Waals surface area (Å²) in [5.41, 5.74) is 1.72. The summed E-state index contributed by atoms with van der Waals surface area (Å²) in [4.78, 5) is 17.1. The van der Waals surface area contributed by atoms with Crippen molar-refractivity contribution in [2.75, 3.05) is 0 Å². The molecule has 4 nitrogen and oxygen atoms in total. The first-order valence-electron chi connectivity index (χ1n) is 8.92. The van der Waals surface area contributed by atoms with E-state index in [9.17, 15) is 4.79 Å². The van der Waals surface area contributed by atoms with Gasteiger partial charge in [0.2, 0.25) is 5.91 Å². The Bertz CT molecular complexity index is 784. The molecule has 0 aliphatic carbocycles. The van der Waals surface area contributed by atoms with Gasteiger partial charge in [-0.3, -0.25) is 4.79 Å². The van der Waals surface area contributed by atoms with Crippen molar-refractivity contribution in [3.63, 3.8) is 0 Å². The summed E-state index contributed by atoms with van der Waals surface area (Å²) in [7, 11) is 0. The van der Waals surface area contributed by atoms with Crippen molar-refractivity contribution in [1.82, 2.24) is 15.6 Å². The highest BCUT2D eigenvalue weighted by Crippen LogP contribution is 2.31. The number of thiazole rings is 1. The minimum atomic E-state index is 0.0115. The molecular weight excluding hydrogens is 366 g/mol. The highest BCUT2D eigenvalue weighted by molar-refractivity contribution is 7.13.